The van der Waals surface area contributed by atoms with E-state index in [1.807, 2.05) is 50.3 Å². The Kier molecular flexibility index (Phi) is 5.44. The molecular weight excluding hydrogens is 296 g/mol. The topological polar surface area (TPSA) is 44.1 Å². The van der Waals surface area contributed by atoms with Crippen LogP contribution in [0.4, 0.5) is 0 Å². The van der Waals surface area contributed by atoms with Crippen molar-refractivity contribution in [3.05, 3.63) is 60.7 Å². The molecule has 116 valence electrons. The van der Waals surface area contributed by atoms with E-state index in [2.05, 4.69) is 4.98 Å². The molecule has 0 fully saturated rings. The number of ether oxygens (including phenoxy) is 1. The summed E-state index contributed by atoms with van der Waals surface area (Å²) in [4.78, 5) is 16.6. The number of hydrogen-bond donors (Lipinski definition) is 0. The maximum Gasteiger partial charge on any atom is 0.251 e. The number of rotatable bonds is 6. The molecule has 4 nitrogen and oxygen atoms in total. The molecule has 1 aromatic heterocycles. The van der Waals surface area contributed by atoms with E-state index in [1.165, 1.54) is 10.9 Å². The largest absolute Gasteiger partial charge is 0.497 e. The van der Waals surface area contributed by atoms with Crippen molar-refractivity contribution in [2.24, 2.45) is 0 Å². The number of nitrogens with zero attached hydrogens (tertiary/aromatic N) is 2. The first-order chi connectivity index (χ1) is 10.6. The maximum atomic E-state index is 12.7. The van der Waals surface area contributed by atoms with E-state index in [-0.39, 0.29) is 5.91 Å². The summed E-state index contributed by atoms with van der Waals surface area (Å²) < 4.78 is 6.06. The summed E-state index contributed by atoms with van der Waals surface area (Å²) in [5.41, 5.74) is 1.15. The lowest BCUT2D eigenvalue weighted by molar-refractivity contribution is 0.0888. The Balaban J connectivity index is 2.12. The van der Waals surface area contributed by atoms with Crippen LogP contribution >= 0.6 is 11.8 Å². The molecule has 0 aliphatic rings. The molecule has 2 aromatic rings. The summed E-state index contributed by atoms with van der Waals surface area (Å²) in [6.45, 7) is 3.86. The van der Waals surface area contributed by atoms with Crippen molar-refractivity contribution in [1.82, 2.24) is 9.55 Å². The van der Waals surface area contributed by atoms with Crippen LogP contribution in [0.2, 0.25) is 0 Å². The fourth-order valence-electron chi connectivity index (χ4n) is 2.09. The highest BCUT2D eigenvalue weighted by atomic mass is 32.2. The van der Waals surface area contributed by atoms with Gasteiger partial charge >= 0.3 is 0 Å². The molecule has 0 unspecified atom stereocenters. The molecule has 0 saturated heterocycles. The second-order valence-electron chi connectivity index (χ2n) is 5.02. The van der Waals surface area contributed by atoms with Crippen LogP contribution in [0.5, 0.6) is 5.75 Å². The van der Waals surface area contributed by atoms with Gasteiger partial charge in [-0.25, -0.2) is 4.98 Å². The Morgan fingerprint density at radius 2 is 2.14 bits per heavy atom. The summed E-state index contributed by atoms with van der Waals surface area (Å²) >= 11 is 1.60. The van der Waals surface area contributed by atoms with Crippen LogP contribution in [0.1, 0.15) is 24.2 Å². The van der Waals surface area contributed by atoms with Crippen LogP contribution < -0.4 is 4.74 Å². The molecule has 22 heavy (non-hydrogen) atoms. The number of imidazole rings is 1. The number of allylic oxidation sites excluding steroid dienone is 1. The van der Waals surface area contributed by atoms with Crippen LogP contribution in [0.25, 0.3) is 0 Å². The maximum absolute atomic E-state index is 12.7. The standard InChI is InChI=1S/C17H20N2O2S/c1-4-9-17(2,16(20)19-11-10-18-13-19)22-12-14-5-7-15(21-3)8-6-14/h4-11,13H,12H2,1-3H3/b9-4+/t17-/m0/s1. The quantitative estimate of drug-likeness (QED) is 0.760. The molecule has 0 saturated carbocycles. The number of hydrogen-bond acceptors (Lipinski definition) is 4. The number of methoxy groups -OCH3 is 1. The highest BCUT2D eigenvalue weighted by Gasteiger charge is 2.31. The molecular formula is C17H20N2O2S. The Labute approximate surface area is 135 Å². The lowest BCUT2D eigenvalue weighted by Gasteiger charge is -2.24. The van der Waals surface area contributed by atoms with Gasteiger partial charge < -0.3 is 4.74 Å². The highest BCUT2D eigenvalue weighted by Crippen LogP contribution is 2.32. The predicted octanol–water partition coefficient (Wildman–Crippen LogP) is 3.80. The van der Waals surface area contributed by atoms with Gasteiger partial charge in [-0.15, -0.1) is 11.8 Å². The average Bonchev–Trinajstić information content (AvgIpc) is 3.07. The van der Waals surface area contributed by atoms with Crippen molar-refractivity contribution >= 4 is 17.7 Å². The van der Waals surface area contributed by atoms with Crippen LogP contribution in [0.15, 0.2) is 55.1 Å². The fourth-order valence-corrected chi connectivity index (χ4v) is 3.21. The molecule has 0 spiro atoms. The van der Waals surface area contributed by atoms with Crippen molar-refractivity contribution in [2.45, 2.75) is 24.3 Å². The molecule has 0 aliphatic carbocycles. The van der Waals surface area contributed by atoms with Crippen LogP contribution in [0, 0.1) is 0 Å². The minimum Gasteiger partial charge on any atom is -0.497 e. The normalized spacial score (nSPS) is 14.0. The van der Waals surface area contributed by atoms with Gasteiger partial charge in [0.05, 0.1) is 7.11 Å². The molecule has 0 amide bonds. The lowest BCUT2D eigenvalue weighted by atomic mass is 10.1. The van der Waals surface area contributed by atoms with Gasteiger partial charge in [-0.3, -0.25) is 9.36 Å². The third kappa shape index (κ3) is 3.80. The molecule has 0 aliphatic heterocycles. The van der Waals surface area contributed by atoms with Gasteiger partial charge in [0, 0.05) is 18.1 Å². The third-order valence-corrected chi connectivity index (χ3v) is 4.73. The van der Waals surface area contributed by atoms with E-state index in [0.29, 0.717) is 0 Å². The smallest absolute Gasteiger partial charge is 0.251 e. The second-order valence-corrected chi connectivity index (χ2v) is 6.44. The first-order valence-corrected chi connectivity index (χ1v) is 8.01. The zero-order valence-electron chi connectivity index (χ0n) is 13.0. The van der Waals surface area contributed by atoms with Crippen molar-refractivity contribution in [1.29, 1.82) is 0 Å². The summed E-state index contributed by atoms with van der Waals surface area (Å²) in [6, 6.07) is 7.90. The van der Waals surface area contributed by atoms with Gasteiger partial charge in [-0.1, -0.05) is 24.3 Å². The SMILES string of the molecule is C/C=C/[C@](C)(SCc1ccc(OC)cc1)C(=O)n1ccnc1. The minimum absolute atomic E-state index is 0.00149. The monoisotopic (exact) mass is 316 g/mol. The molecule has 0 bridgehead atoms. The molecule has 1 heterocycles. The summed E-state index contributed by atoms with van der Waals surface area (Å²) in [7, 11) is 1.65. The minimum atomic E-state index is -0.630. The fraction of sp³-hybridized carbons (Fsp3) is 0.294. The van der Waals surface area contributed by atoms with Crippen molar-refractivity contribution in [3.8, 4) is 5.75 Å². The third-order valence-electron chi connectivity index (χ3n) is 3.35. The summed E-state index contributed by atoms with van der Waals surface area (Å²) in [5.74, 6) is 1.58. The van der Waals surface area contributed by atoms with Crippen LogP contribution in [-0.2, 0) is 5.75 Å². The molecule has 0 N–H and O–H groups in total. The number of carbonyl (C=O) groups is 1. The van der Waals surface area contributed by atoms with Gasteiger partial charge in [-0.05, 0) is 31.5 Å². The number of thioether (sulfide) groups is 1. The second kappa shape index (κ2) is 7.31. The first-order valence-electron chi connectivity index (χ1n) is 7.02. The van der Waals surface area contributed by atoms with Crippen molar-refractivity contribution in [2.75, 3.05) is 7.11 Å². The average molecular weight is 316 g/mol. The molecule has 0 radical (unpaired) electrons. The van der Waals surface area contributed by atoms with E-state index in [4.69, 9.17) is 4.74 Å². The molecule has 1 atom stereocenters. The number of benzene rings is 1. The Bertz CT molecular complexity index is 635. The van der Waals surface area contributed by atoms with E-state index in [9.17, 15) is 4.79 Å². The van der Waals surface area contributed by atoms with Gasteiger partial charge in [0.2, 0.25) is 0 Å². The number of aromatic nitrogens is 2. The van der Waals surface area contributed by atoms with Gasteiger partial charge in [0.1, 0.15) is 16.8 Å². The number of carbonyl (C=O) groups excluding carboxylic acids is 1. The zero-order chi connectivity index (χ0) is 16.0. The van der Waals surface area contributed by atoms with E-state index < -0.39 is 4.75 Å². The Morgan fingerprint density at radius 3 is 2.68 bits per heavy atom. The predicted molar refractivity (Wildman–Crippen MR) is 90.4 cm³/mol. The Hall–Kier alpha value is -2.01. The van der Waals surface area contributed by atoms with E-state index in [1.54, 1.807) is 31.3 Å². The van der Waals surface area contributed by atoms with Crippen LogP contribution in [0.3, 0.4) is 0 Å². The zero-order valence-corrected chi connectivity index (χ0v) is 13.8. The van der Waals surface area contributed by atoms with Crippen LogP contribution in [-0.4, -0.2) is 27.3 Å². The highest BCUT2D eigenvalue weighted by molar-refractivity contribution is 8.00. The van der Waals surface area contributed by atoms with Crippen molar-refractivity contribution in [3.63, 3.8) is 0 Å². The van der Waals surface area contributed by atoms with E-state index >= 15 is 0 Å². The molecule has 2 rings (SSSR count). The molecule has 1 aromatic carbocycles. The molecule has 5 heteroatoms. The summed E-state index contributed by atoms with van der Waals surface area (Å²) in [5, 5.41) is 0. The first kappa shape index (κ1) is 16.4. The Morgan fingerprint density at radius 1 is 1.41 bits per heavy atom. The lowest BCUT2D eigenvalue weighted by Crippen LogP contribution is -2.33. The van der Waals surface area contributed by atoms with E-state index in [0.717, 1.165) is 17.1 Å². The summed E-state index contributed by atoms with van der Waals surface area (Å²) in [6.07, 6.45) is 8.68. The van der Waals surface area contributed by atoms with Gasteiger partial charge in [0.25, 0.3) is 5.91 Å². The van der Waals surface area contributed by atoms with Gasteiger partial charge in [-0.2, -0.15) is 0 Å². The van der Waals surface area contributed by atoms with Gasteiger partial charge in [0.15, 0.2) is 0 Å². The van der Waals surface area contributed by atoms with Crippen molar-refractivity contribution < 1.29 is 9.53 Å².